The number of β-lactam (4-membered cyclic amide) rings is 1. The predicted molar refractivity (Wildman–Crippen MR) is 168 cm³/mol. The van der Waals surface area contributed by atoms with Gasteiger partial charge in [-0.25, -0.2) is 14.4 Å². The number of urea groups is 1. The summed E-state index contributed by atoms with van der Waals surface area (Å²) in [5.41, 5.74) is 0. The van der Waals surface area contributed by atoms with E-state index in [2.05, 4.69) is 27.0 Å². The number of carbonyl (C=O) groups excluding carboxylic acids is 4. The van der Waals surface area contributed by atoms with Crippen LogP contribution in [-0.2, 0) is 14.3 Å². The summed E-state index contributed by atoms with van der Waals surface area (Å²) in [6, 6.07) is -0.676. The minimum Gasteiger partial charge on any atom is -0.449 e. The maximum absolute atomic E-state index is 12.9. The topological polar surface area (TPSA) is 138 Å². The van der Waals surface area contributed by atoms with Gasteiger partial charge in [-0.2, -0.15) is 0 Å². The normalized spacial score (nSPS) is 23.5. The van der Waals surface area contributed by atoms with Gasteiger partial charge in [0.25, 0.3) is 0 Å². The van der Waals surface area contributed by atoms with E-state index in [9.17, 15) is 19.2 Å². The fourth-order valence-electron chi connectivity index (χ4n) is 7.01. The number of guanidine groups is 1. The Morgan fingerprint density at radius 3 is 1.84 bits per heavy atom. The molecule has 0 spiro atoms. The molecule has 0 bridgehead atoms. The smallest absolute Gasteiger partial charge is 0.413 e. The molecule has 1 heterocycles. The fraction of sp³-hybridized carbons (Fsp3) is 0.788. The van der Waals surface area contributed by atoms with Crippen LogP contribution < -0.4 is 16.0 Å². The Hall–Kier alpha value is -3.11. The van der Waals surface area contributed by atoms with Crippen molar-refractivity contribution in [2.45, 2.75) is 115 Å². The zero-order chi connectivity index (χ0) is 31.1. The lowest BCUT2D eigenvalue weighted by atomic mass is 9.82. The maximum atomic E-state index is 12.9. The highest BCUT2D eigenvalue weighted by molar-refractivity contribution is 6.02. The Balaban J connectivity index is 1.30. The Bertz CT molecular complexity index is 976. The van der Waals surface area contributed by atoms with E-state index in [1.54, 1.807) is 0 Å². The molecule has 3 N–H and O–H groups in total. The van der Waals surface area contributed by atoms with Crippen molar-refractivity contribution < 1.29 is 28.7 Å². The standard InChI is InChI=1S/C33H53N5O6/c1-34-31(40)38-28(20-19-24-12-5-2-6-13-24)27(29(38)39)18-11-21-35-30(36-32(41)43-22-25-14-7-3-8-15-25)37-33(42)44-23-26-16-9-4-10-17-26/h19-20,24-28H,2-18,21-23H2,1H3,(H,34,40)(H2,35,36,37,41,42)/t27-,28-/m1/s1. The van der Waals surface area contributed by atoms with Crippen LogP contribution in [0.1, 0.15) is 109 Å². The number of rotatable bonds is 10. The molecule has 0 aromatic rings. The summed E-state index contributed by atoms with van der Waals surface area (Å²) in [5, 5.41) is 7.74. The van der Waals surface area contributed by atoms with Gasteiger partial charge in [0.1, 0.15) is 0 Å². The van der Waals surface area contributed by atoms with Crippen molar-refractivity contribution in [3.8, 4) is 0 Å². The van der Waals surface area contributed by atoms with Gasteiger partial charge in [-0.1, -0.05) is 69.9 Å². The highest BCUT2D eigenvalue weighted by Crippen LogP contribution is 2.33. The van der Waals surface area contributed by atoms with Crippen molar-refractivity contribution in [2.75, 3.05) is 26.8 Å². The summed E-state index contributed by atoms with van der Waals surface area (Å²) in [4.78, 5) is 56.2. The van der Waals surface area contributed by atoms with E-state index in [-0.39, 0.29) is 30.4 Å². The number of aliphatic imine (C=N–C) groups is 1. The second kappa shape index (κ2) is 18.0. The lowest BCUT2D eigenvalue weighted by Gasteiger charge is -2.44. The van der Waals surface area contributed by atoms with Crippen molar-refractivity contribution >= 4 is 30.1 Å². The second-order valence-corrected chi connectivity index (χ2v) is 13.0. The Labute approximate surface area is 262 Å². The quantitative estimate of drug-likeness (QED) is 0.0901. The number of carbonyl (C=O) groups is 4. The molecule has 2 atom stereocenters. The molecule has 4 rings (SSSR count). The molecule has 11 nitrogen and oxygen atoms in total. The molecule has 11 heteroatoms. The largest absolute Gasteiger partial charge is 0.449 e. The molecule has 0 aromatic heterocycles. The summed E-state index contributed by atoms with van der Waals surface area (Å²) in [6.45, 7) is 0.948. The molecule has 1 aliphatic heterocycles. The molecular weight excluding hydrogens is 562 g/mol. The third kappa shape index (κ3) is 10.5. The first-order valence-corrected chi connectivity index (χ1v) is 17.1. The molecule has 3 saturated carbocycles. The summed E-state index contributed by atoms with van der Waals surface area (Å²) < 4.78 is 10.9. The number of nitrogens with one attached hydrogen (secondary N) is 3. The minimum atomic E-state index is -0.662. The van der Waals surface area contributed by atoms with Crippen LogP contribution in [0.15, 0.2) is 17.1 Å². The fourth-order valence-corrected chi connectivity index (χ4v) is 7.01. The van der Waals surface area contributed by atoms with E-state index in [1.807, 2.05) is 6.08 Å². The number of hydrogen-bond acceptors (Lipinski definition) is 7. The summed E-state index contributed by atoms with van der Waals surface area (Å²) in [7, 11) is 1.53. The van der Waals surface area contributed by atoms with Gasteiger partial charge >= 0.3 is 18.2 Å². The van der Waals surface area contributed by atoms with E-state index >= 15 is 0 Å². The molecule has 4 aliphatic rings. The Morgan fingerprint density at radius 2 is 1.32 bits per heavy atom. The minimum absolute atomic E-state index is 0.0204. The summed E-state index contributed by atoms with van der Waals surface area (Å²) in [6.07, 6.45) is 21.2. The molecule has 0 unspecified atom stereocenters. The first-order valence-electron chi connectivity index (χ1n) is 17.1. The van der Waals surface area contributed by atoms with Crippen LogP contribution in [0.4, 0.5) is 14.4 Å². The van der Waals surface area contributed by atoms with Gasteiger partial charge in [0.15, 0.2) is 0 Å². The first kappa shape index (κ1) is 33.8. The van der Waals surface area contributed by atoms with Gasteiger partial charge < -0.3 is 14.8 Å². The second-order valence-electron chi connectivity index (χ2n) is 13.0. The van der Waals surface area contributed by atoms with E-state index < -0.39 is 18.2 Å². The van der Waals surface area contributed by atoms with Gasteiger partial charge in [-0.05, 0) is 69.1 Å². The predicted octanol–water partition coefficient (Wildman–Crippen LogP) is 6.04. The third-order valence-corrected chi connectivity index (χ3v) is 9.66. The zero-order valence-electron chi connectivity index (χ0n) is 26.5. The molecule has 5 amide bonds. The molecule has 246 valence electrons. The van der Waals surface area contributed by atoms with Crippen LogP contribution in [-0.4, -0.2) is 67.8 Å². The maximum Gasteiger partial charge on any atom is 0.413 e. The summed E-state index contributed by atoms with van der Waals surface area (Å²) >= 11 is 0. The SMILES string of the molecule is CNC(=O)N1C(=O)[C@H](CCCN=C(NC(=O)OCC2CCCCC2)NC(=O)OCC2CCCCC2)[C@H]1C=CC1CCCCC1. The monoisotopic (exact) mass is 615 g/mol. The third-order valence-electron chi connectivity index (χ3n) is 9.66. The number of allylic oxidation sites excluding steroid dienone is 1. The number of nitrogens with zero attached hydrogens (tertiary/aromatic N) is 2. The number of imide groups is 1. The first-order chi connectivity index (χ1) is 21.4. The molecule has 0 aromatic carbocycles. The molecule has 0 radical (unpaired) electrons. The lowest BCUT2D eigenvalue weighted by molar-refractivity contribution is -0.147. The lowest BCUT2D eigenvalue weighted by Crippen LogP contribution is -2.64. The van der Waals surface area contributed by atoms with E-state index in [0.29, 0.717) is 43.8 Å². The highest BCUT2D eigenvalue weighted by atomic mass is 16.6. The van der Waals surface area contributed by atoms with Gasteiger partial charge in [0.05, 0.1) is 25.2 Å². The molecule has 4 fully saturated rings. The van der Waals surface area contributed by atoms with Crippen LogP contribution in [0.2, 0.25) is 0 Å². The van der Waals surface area contributed by atoms with E-state index in [4.69, 9.17) is 9.47 Å². The molecule has 1 saturated heterocycles. The van der Waals surface area contributed by atoms with Crippen LogP contribution >= 0.6 is 0 Å². The van der Waals surface area contributed by atoms with E-state index in [0.717, 1.165) is 64.2 Å². The number of ether oxygens (including phenoxy) is 2. The van der Waals surface area contributed by atoms with Crippen LogP contribution in [0.5, 0.6) is 0 Å². The van der Waals surface area contributed by atoms with Crippen molar-refractivity contribution in [3.05, 3.63) is 12.2 Å². The zero-order valence-corrected chi connectivity index (χ0v) is 26.5. The van der Waals surface area contributed by atoms with Gasteiger partial charge in [0, 0.05) is 13.6 Å². The summed E-state index contributed by atoms with van der Waals surface area (Å²) in [5.74, 6) is 0.684. The van der Waals surface area contributed by atoms with Crippen molar-refractivity contribution in [1.82, 2.24) is 20.9 Å². The number of alkyl carbamates (subject to hydrolysis) is 2. The van der Waals surface area contributed by atoms with E-state index in [1.165, 1.54) is 44.1 Å². The van der Waals surface area contributed by atoms with Crippen LogP contribution in [0, 0.1) is 23.7 Å². The van der Waals surface area contributed by atoms with Crippen LogP contribution in [0.25, 0.3) is 0 Å². The number of amides is 5. The average molecular weight is 616 g/mol. The highest BCUT2D eigenvalue weighted by Gasteiger charge is 2.48. The molecular formula is C33H53N5O6. The number of likely N-dealkylation sites (tertiary alicyclic amines) is 1. The Morgan fingerprint density at radius 1 is 0.795 bits per heavy atom. The molecule has 3 aliphatic carbocycles. The molecule has 44 heavy (non-hydrogen) atoms. The van der Waals surface area contributed by atoms with Crippen molar-refractivity contribution in [2.24, 2.45) is 28.7 Å². The average Bonchev–Trinajstić information content (AvgIpc) is 3.05. The van der Waals surface area contributed by atoms with Crippen molar-refractivity contribution in [3.63, 3.8) is 0 Å². The van der Waals surface area contributed by atoms with Gasteiger partial charge in [-0.15, -0.1) is 0 Å². The van der Waals surface area contributed by atoms with Crippen molar-refractivity contribution in [1.29, 1.82) is 0 Å². The Kier molecular flexibility index (Phi) is 13.8. The van der Waals surface area contributed by atoms with Gasteiger partial charge in [-0.3, -0.25) is 25.3 Å². The number of hydrogen-bond donors (Lipinski definition) is 3. The van der Waals surface area contributed by atoms with Gasteiger partial charge in [0.2, 0.25) is 11.9 Å². The van der Waals surface area contributed by atoms with Crippen LogP contribution in [0.3, 0.4) is 0 Å².